The molecular formula is C19H30F2N2O3. The average molecular weight is 372 g/mol. The Morgan fingerprint density at radius 3 is 2.38 bits per heavy atom. The number of rotatable bonds is 4. The standard InChI is InChI=1S/C19H30F2N2O3/c20-19(21)8-6-14(7-9-19)18(26)23-12-15(24)10-16(23)17(25)22-11-13-4-2-1-3-5-13/h13-16,24H,1-12H2,(H,22,25)/t15-,16+/m1/s1. The first-order valence-electron chi connectivity index (χ1n) is 10.00. The molecule has 0 aromatic rings. The van der Waals surface area contributed by atoms with E-state index < -0.39 is 24.0 Å². The number of amides is 2. The maximum Gasteiger partial charge on any atom is 0.248 e. The lowest BCUT2D eigenvalue weighted by Crippen LogP contribution is -2.49. The number of carbonyl (C=O) groups excluding carboxylic acids is 2. The summed E-state index contributed by atoms with van der Waals surface area (Å²) in [5, 5.41) is 12.9. The number of halogens is 2. The van der Waals surface area contributed by atoms with Crippen LogP contribution >= 0.6 is 0 Å². The van der Waals surface area contributed by atoms with E-state index in [9.17, 15) is 23.5 Å². The Balaban J connectivity index is 1.55. The molecule has 3 rings (SSSR count). The number of likely N-dealkylation sites (tertiary alicyclic amines) is 1. The summed E-state index contributed by atoms with van der Waals surface area (Å²) in [6.45, 7) is 0.732. The van der Waals surface area contributed by atoms with E-state index in [-0.39, 0.29) is 50.5 Å². The highest BCUT2D eigenvalue weighted by atomic mass is 19.3. The molecule has 148 valence electrons. The van der Waals surface area contributed by atoms with Crippen LogP contribution in [-0.2, 0) is 9.59 Å². The molecule has 7 heteroatoms. The van der Waals surface area contributed by atoms with Crippen LogP contribution in [0.15, 0.2) is 0 Å². The fourth-order valence-electron chi connectivity index (χ4n) is 4.58. The molecule has 2 N–H and O–H groups in total. The Bertz CT molecular complexity index is 513. The number of hydrogen-bond acceptors (Lipinski definition) is 3. The molecule has 5 nitrogen and oxygen atoms in total. The van der Waals surface area contributed by atoms with Crippen molar-refractivity contribution in [2.45, 2.75) is 82.3 Å². The molecule has 26 heavy (non-hydrogen) atoms. The van der Waals surface area contributed by atoms with Crippen molar-refractivity contribution in [3.05, 3.63) is 0 Å². The van der Waals surface area contributed by atoms with Crippen LogP contribution < -0.4 is 5.32 Å². The zero-order valence-corrected chi connectivity index (χ0v) is 15.3. The van der Waals surface area contributed by atoms with Gasteiger partial charge in [0, 0.05) is 38.3 Å². The van der Waals surface area contributed by atoms with Crippen LogP contribution in [0.2, 0.25) is 0 Å². The van der Waals surface area contributed by atoms with Crippen molar-refractivity contribution in [3.8, 4) is 0 Å². The van der Waals surface area contributed by atoms with Crippen molar-refractivity contribution in [1.29, 1.82) is 0 Å². The quantitative estimate of drug-likeness (QED) is 0.797. The van der Waals surface area contributed by atoms with Crippen molar-refractivity contribution in [3.63, 3.8) is 0 Å². The highest BCUT2D eigenvalue weighted by Crippen LogP contribution is 2.37. The van der Waals surface area contributed by atoms with Gasteiger partial charge in [-0.15, -0.1) is 0 Å². The van der Waals surface area contributed by atoms with Gasteiger partial charge < -0.3 is 15.3 Å². The van der Waals surface area contributed by atoms with Gasteiger partial charge in [0.15, 0.2) is 0 Å². The van der Waals surface area contributed by atoms with Crippen LogP contribution in [0, 0.1) is 11.8 Å². The monoisotopic (exact) mass is 372 g/mol. The van der Waals surface area contributed by atoms with Crippen LogP contribution in [0.4, 0.5) is 8.78 Å². The number of hydrogen-bond donors (Lipinski definition) is 2. The molecule has 2 saturated carbocycles. The van der Waals surface area contributed by atoms with E-state index in [1.165, 1.54) is 24.2 Å². The molecule has 0 aromatic carbocycles. The predicted octanol–water partition coefficient (Wildman–Crippen LogP) is 2.47. The lowest BCUT2D eigenvalue weighted by Gasteiger charge is -2.32. The second-order valence-electron chi connectivity index (χ2n) is 8.28. The smallest absolute Gasteiger partial charge is 0.248 e. The number of β-amino-alcohol motifs (C(OH)–C–C–N with tert-alkyl or cyclic N) is 1. The first-order chi connectivity index (χ1) is 12.4. The molecule has 1 saturated heterocycles. The van der Waals surface area contributed by atoms with Crippen LogP contribution in [0.5, 0.6) is 0 Å². The number of nitrogens with zero attached hydrogens (tertiary/aromatic N) is 1. The number of carbonyl (C=O) groups is 2. The largest absolute Gasteiger partial charge is 0.391 e. The van der Waals surface area contributed by atoms with E-state index in [0.29, 0.717) is 12.5 Å². The third kappa shape index (κ3) is 4.72. The first-order valence-corrected chi connectivity index (χ1v) is 10.00. The minimum atomic E-state index is -2.68. The fraction of sp³-hybridized carbons (Fsp3) is 0.895. The zero-order chi connectivity index (χ0) is 18.7. The molecule has 2 atom stereocenters. The third-order valence-electron chi connectivity index (χ3n) is 6.22. The Morgan fingerprint density at radius 2 is 1.73 bits per heavy atom. The summed E-state index contributed by atoms with van der Waals surface area (Å²) in [5.41, 5.74) is 0. The van der Waals surface area contributed by atoms with Crippen molar-refractivity contribution >= 4 is 11.8 Å². The Labute approximate surface area is 153 Å². The van der Waals surface area contributed by atoms with Crippen LogP contribution in [-0.4, -0.2) is 53.0 Å². The van der Waals surface area contributed by atoms with Crippen molar-refractivity contribution < 1.29 is 23.5 Å². The van der Waals surface area contributed by atoms with Crippen LogP contribution in [0.3, 0.4) is 0 Å². The maximum atomic E-state index is 13.3. The van der Waals surface area contributed by atoms with Crippen LogP contribution in [0.25, 0.3) is 0 Å². The van der Waals surface area contributed by atoms with E-state index in [4.69, 9.17) is 0 Å². The summed E-state index contributed by atoms with van der Waals surface area (Å²) in [6, 6.07) is -0.677. The molecule has 2 aliphatic carbocycles. The number of alkyl halides is 2. The Kier molecular flexibility index (Phi) is 6.15. The summed E-state index contributed by atoms with van der Waals surface area (Å²) in [4.78, 5) is 26.8. The van der Waals surface area contributed by atoms with Gasteiger partial charge in [0.25, 0.3) is 0 Å². The minimum absolute atomic E-state index is 0.118. The van der Waals surface area contributed by atoms with Crippen molar-refractivity contribution in [1.82, 2.24) is 10.2 Å². The van der Waals surface area contributed by atoms with Crippen molar-refractivity contribution in [2.75, 3.05) is 13.1 Å². The van der Waals surface area contributed by atoms with Gasteiger partial charge in [-0.2, -0.15) is 0 Å². The van der Waals surface area contributed by atoms with Gasteiger partial charge in [-0.3, -0.25) is 9.59 Å². The summed E-state index contributed by atoms with van der Waals surface area (Å²) < 4.78 is 26.7. The number of nitrogens with one attached hydrogen (secondary N) is 1. The molecule has 3 aliphatic rings. The summed E-state index contributed by atoms with van der Waals surface area (Å²) >= 11 is 0. The molecule has 3 fully saturated rings. The van der Waals surface area contributed by atoms with Gasteiger partial charge in [-0.25, -0.2) is 8.78 Å². The van der Waals surface area contributed by atoms with Gasteiger partial charge in [0.2, 0.25) is 17.7 Å². The summed E-state index contributed by atoms with van der Waals surface area (Å²) in [6.07, 6.45) is 5.11. The Hall–Kier alpha value is -1.24. The summed E-state index contributed by atoms with van der Waals surface area (Å²) in [7, 11) is 0. The number of aliphatic hydroxyl groups excluding tert-OH is 1. The predicted molar refractivity (Wildman–Crippen MR) is 92.6 cm³/mol. The molecule has 1 aliphatic heterocycles. The highest BCUT2D eigenvalue weighted by molar-refractivity contribution is 5.89. The van der Waals surface area contributed by atoms with Gasteiger partial charge >= 0.3 is 0 Å². The molecule has 2 amide bonds. The fourth-order valence-corrected chi connectivity index (χ4v) is 4.58. The van der Waals surface area contributed by atoms with E-state index in [1.54, 1.807) is 0 Å². The molecule has 1 heterocycles. The lowest BCUT2D eigenvalue weighted by molar-refractivity contribution is -0.145. The maximum absolute atomic E-state index is 13.3. The Morgan fingerprint density at radius 1 is 1.08 bits per heavy atom. The minimum Gasteiger partial charge on any atom is -0.391 e. The molecule has 0 aromatic heterocycles. The molecule has 0 bridgehead atoms. The molecule has 0 radical (unpaired) electrons. The van der Waals surface area contributed by atoms with E-state index >= 15 is 0 Å². The lowest BCUT2D eigenvalue weighted by atomic mass is 9.85. The molecule has 0 spiro atoms. The van der Waals surface area contributed by atoms with E-state index in [2.05, 4.69) is 5.32 Å². The van der Waals surface area contributed by atoms with Gasteiger partial charge in [-0.05, 0) is 31.6 Å². The van der Waals surface area contributed by atoms with Crippen LogP contribution in [0.1, 0.15) is 64.2 Å². The van der Waals surface area contributed by atoms with E-state index in [1.807, 2.05) is 0 Å². The molecular weight excluding hydrogens is 342 g/mol. The summed E-state index contributed by atoms with van der Waals surface area (Å²) in [5.74, 6) is -3.13. The van der Waals surface area contributed by atoms with Gasteiger partial charge in [0.05, 0.1) is 6.10 Å². The topological polar surface area (TPSA) is 69.6 Å². The van der Waals surface area contributed by atoms with Gasteiger partial charge in [0.1, 0.15) is 6.04 Å². The van der Waals surface area contributed by atoms with E-state index in [0.717, 1.165) is 12.8 Å². The highest BCUT2D eigenvalue weighted by Gasteiger charge is 2.44. The molecule has 0 unspecified atom stereocenters. The first kappa shape index (κ1) is 19.5. The second kappa shape index (κ2) is 8.19. The van der Waals surface area contributed by atoms with Gasteiger partial charge in [-0.1, -0.05) is 19.3 Å². The number of aliphatic hydroxyl groups is 1. The SMILES string of the molecule is O=C(NCC1CCCCC1)[C@@H]1C[C@@H](O)CN1C(=O)C1CCC(F)(F)CC1. The third-order valence-corrected chi connectivity index (χ3v) is 6.22. The second-order valence-corrected chi connectivity index (χ2v) is 8.28. The van der Waals surface area contributed by atoms with Crippen molar-refractivity contribution in [2.24, 2.45) is 11.8 Å². The average Bonchev–Trinajstić information content (AvgIpc) is 3.02. The normalized spacial score (nSPS) is 30.3. The zero-order valence-electron chi connectivity index (χ0n) is 15.3.